The molecule has 2 heterocycles. The number of aliphatic hydroxyl groups excluding tert-OH is 3. The molecule has 0 amide bonds. The second-order valence-electron chi connectivity index (χ2n) is 4.09. The predicted octanol–water partition coefficient (Wildman–Crippen LogP) is -1.91. The third kappa shape index (κ3) is 2.31. The average molecular weight is 285 g/mol. The van der Waals surface area contributed by atoms with Crippen LogP contribution < -0.4 is 11.2 Å². The fourth-order valence-electron chi connectivity index (χ4n) is 1.95. The molecule has 1 aromatic rings. The second kappa shape index (κ2) is 5.45. The number of H-pyrrole nitrogens is 1. The first-order valence-electron chi connectivity index (χ1n) is 5.53. The summed E-state index contributed by atoms with van der Waals surface area (Å²) in [4.78, 5) is 27.3. The monoisotopic (exact) mass is 285 g/mol. The molecule has 20 heavy (non-hydrogen) atoms. The van der Waals surface area contributed by atoms with Crippen molar-refractivity contribution < 1.29 is 20.1 Å². The van der Waals surface area contributed by atoms with Crippen LogP contribution in [0.25, 0.3) is 10.4 Å². The summed E-state index contributed by atoms with van der Waals surface area (Å²) in [5, 5.41) is 31.6. The molecule has 1 aromatic heterocycles. The van der Waals surface area contributed by atoms with Gasteiger partial charge in [-0.1, -0.05) is 0 Å². The van der Waals surface area contributed by atoms with Crippen molar-refractivity contribution in [3.05, 3.63) is 37.3 Å². The molecule has 11 heteroatoms. The van der Waals surface area contributed by atoms with Gasteiger partial charge in [0.15, 0.2) is 6.23 Å². The van der Waals surface area contributed by atoms with Crippen molar-refractivity contribution in [2.75, 3.05) is 6.61 Å². The van der Waals surface area contributed by atoms with Crippen molar-refractivity contribution in [3.8, 4) is 0 Å². The van der Waals surface area contributed by atoms with Gasteiger partial charge in [0.2, 0.25) is 0 Å². The highest BCUT2D eigenvalue weighted by molar-refractivity contribution is 5.26. The van der Waals surface area contributed by atoms with E-state index in [1.807, 2.05) is 4.98 Å². The third-order valence-electron chi connectivity index (χ3n) is 2.87. The molecule has 2 rings (SSSR count). The largest absolute Gasteiger partial charge is 0.394 e. The first kappa shape index (κ1) is 14.2. The van der Waals surface area contributed by atoms with Crippen molar-refractivity contribution in [1.82, 2.24) is 9.55 Å². The Morgan fingerprint density at radius 1 is 1.45 bits per heavy atom. The quantitative estimate of drug-likeness (QED) is 0.286. The Bertz CT molecular complexity index is 662. The van der Waals surface area contributed by atoms with Gasteiger partial charge in [-0.2, -0.15) is 0 Å². The lowest BCUT2D eigenvalue weighted by Gasteiger charge is -2.18. The van der Waals surface area contributed by atoms with E-state index in [9.17, 15) is 19.8 Å². The molecule has 0 unspecified atom stereocenters. The summed E-state index contributed by atoms with van der Waals surface area (Å²) in [6.07, 6.45) is -5.47. The maximum atomic E-state index is 11.8. The van der Waals surface area contributed by atoms with Gasteiger partial charge in [0, 0.05) is 11.0 Å². The molecule has 0 bridgehead atoms. The van der Waals surface area contributed by atoms with Crippen molar-refractivity contribution in [1.29, 1.82) is 0 Å². The summed E-state index contributed by atoms with van der Waals surface area (Å²) in [6.45, 7) is -0.580. The van der Waals surface area contributed by atoms with Crippen molar-refractivity contribution in [2.45, 2.75) is 24.5 Å². The maximum absolute atomic E-state index is 11.8. The lowest BCUT2D eigenvalue weighted by molar-refractivity contribution is -0.0541. The van der Waals surface area contributed by atoms with Gasteiger partial charge in [0.25, 0.3) is 5.56 Å². The number of azide groups is 1. The highest BCUT2D eigenvalue weighted by Crippen LogP contribution is 2.30. The van der Waals surface area contributed by atoms with Crippen LogP contribution in [0.3, 0.4) is 0 Å². The Kier molecular flexibility index (Phi) is 3.88. The molecule has 0 aliphatic carbocycles. The lowest BCUT2D eigenvalue weighted by atomic mass is 10.1. The minimum Gasteiger partial charge on any atom is -0.394 e. The van der Waals surface area contributed by atoms with Gasteiger partial charge >= 0.3 is 5.69 Å². The Balaban J connectivity index is 2.56. The minimum absolute atomic E-state index is 0.379. The lowest BCUT2D eigenvalue weighted by Crippen LogP contribution is -2.37. The molecule has 1 fully saturated rings. The molecular weight excluding hydrogens is 274 g/mol. The summed E-state index contributed by atoms with van der Waals surface area (Å²) < 4.78 is 5.84. The van der Waals surface area contributed by atoms with Crippen LogP contribution in [0.4, 0.5) is 5.82 Å². The topological polar surface area (TPSA) is 174 Å². The van der Waals surface area contributed by atoms with Gasteiger partial charge < -0.3 is 20.1 Å². The zero-order chi connectivity index (χ0) is 14.9. The van der Waals surface area contributed by atoms with Crippen LogP contribution in [-0.2, 0) is 4.74 Å². The summed E-state index contributed by atoms with van der Waals surface area (Å²) in [5.41, 5.74) is 6.65. The molecule has 4 N–H and O–H groups in total. The van der Waals surface area contributed by atoms with Crippen LogP contribution in [0.2, 0.25) is 0 Å². The number of ether oxygens (including phenoxy) is 1. The van der Waals surface area contributed by atoms with Gasteiger partial charge in [0.1, 0.15) is 24.1 Å². The number of hydrogen-bond donors (Lipinski definition) is 4. The Morgan fingerprint density at radius 2 is 2.15 bits per heavy atom. The van der Waals surface area contributed by atoms with Crippen LogP contribution in [0.1, 0.15) is 6.23 Å². The number of rotatable bonds is 3. The van der Waals surface area contributed by atoms with E-state index in [0.29, 0.717) is 4.57 Å². The van der Waals surface area contributed by atoms with Gasteiger partial charge in [-0.15, -0.1) is 0 Å². The smallest absolute Gasteiger partial charge is 0.330 e. The first-order chi connectivity index (χ1) is 9.49. The fourth-order valence-corrected chi connectivity index (χ4v) is 1.95. The second-order valence-corrected chi connectivity index (χ2v) is 4.09. The average Bonchev–Trinajstić information content (AvgIpc) is 2.66. The molecule has 11 nitrogen and oxygen atoms in total. The van der Waals surface area contributed by atoms with Crippen LogP contribution >= 0.6 is 0 Å². The molecule has 1 saturated heterocycles. The van der Waals surface area contributed by atoms with E-state index in [1.54, 1.807) is 0 Å². The SMILES string of the molecule is [N-]=[N+]=Nc1cc(=O)[nH]c(=O)n1[C@@H]1O[C@H](CO)[C@@H](O)[C@H]1O. The Hall–Kier alpha value is -2.17. The molecule has 1 aliphatic heterocycles. The van der Waals surface area contributed by atoms with E-state index in [1.165, 1.54) is 0 Å². The molecule has 0 spiro atoms. The van der Waals surface area contributed by atoms with Gasteiger partial charge in [-0.25, -0.2) is 4.79 Å². The predicted molar refractivity (Wildman–Crippen MR) is 63.1 cm³/mol. The Labute approximate surface area is 110 Å². The molecule has 0 radical (unpaired) electrons. The number of hydrogen-bond acceptors (Lipinski definition) is 7. The van der Waals surface area contributed by atoms with Crippen LogP contribution in [0.15, 0.2) is 20.8 Å². The molecule has 4 atom stereocenters. The fraction of sp³-hybridized carbons (Fsp3) is 0.556. The van der Waals surface area contributed by atoms with Crippen LogP contribution in [0, 0.1) is 0 Å². The van der Waals surface area contributed by atoms with E-state index < -0.39 is 42.4 Å². The molecule has 108 valence electrons. The third-order valence-corrected chi connectivity index (χ3v) is 2.87. The number of aliphatic hydroxyl groups is 3. The van der Waals surface area contributed by atoms with Gasteiger partial charge in [-0.05, 0) is 10.6 Å². The highest BCUT2D eigenvalue weighted by atomic mass is 16.6. The van der Waals surface area contributed by atoms with Crippen LogP contribution in [0.5, 0.6) is 0 Å². The van der Waals surface area contributed by atoms with Gasteiger partial charge in [0.05, 0.1) is 6.61 Å². The summed E-state index contributed by atoms with van der Waals surface area (Å²) in [6, 6.07) is 0.843. The van der Waals surface area contributed by atoms with Gasteiger partial charge in [-0.3, -0.25) is 14.3 Å². The number of aromatic amines is 1. The van der Waals surface area contributed by atoms with E-state index in [0.717, 1.165) is 6.07 Å². The number of nitrogens with zero attached hydrogens (tertiary/aromatic N) is 4. The molecule has 0 saturated carbocycles. The zero-order valence-corrected chi connectivity index (χ0v) is 9.95. The molecule has 1 aliphatic rings. The highest BCUT2D eigenvalue weighted by Gasteiger charge is 2.44. The summed E-state index contributed by atoms with van der Waals surface area (Å²) in [7, 11) is 0. The van der Waals surface area contributed by atoms with Crippen molar-refractivity contribution in [2.24, 2.45) is 5.11 Å². The standard InChI is InChI=1S/C9H11N5O6/c10-13-12-4-1-5(16)11-9(19)14(4)8-7(18)6(17)3(2-15)20-8/h1,3,6-8,15,17-18H,2H2,(H,11,16,19)/t3-,6-,7-,8-/m1/s1. The minimum atomic E-state index is -1.54. The van der Waals surface area contributed by atoms with E-state index in [4.69, 9.17) is 15.4 Å². The van der Waals surface area contributed by atoms with E-state index >= 15 is 0 Å². The zero-order valence-electron chi connectivity index (χ0n) is 9.95. The van der Waals surface area contributed by atoms with Crippen LogP contribution in [-0.4, -0.2) is 49.8 Å². The summed E-state index contributed by atoms with van der Waals surface area (Å²) in [5.74, 6) is -0.379. The first-order valence-corrected chi connectivity index (χ1v) is 5.53. The number of nitrogens with one attached hydrogen (secondary N) is 1. The Morgan fingerprint density at radius 3 is 2.70 bits per heavy atom. The molecule has 0 aromatic carbocycles. The molecular formula is C9H11N5O6. The normalized spacial score (nSPS) is 29.1. The summed E-state index contributed by atoms with van der Waals surface area (Å²) >= 11 is 0. The van der Waals surface area contributed by atoms with Crippen molar-refractivity contribution >= 4 is 5.82 Å². The van der Waals surface area contributed by atoms with Crippen molar-refractivity contribution in [3.63, 3.8) is 0 Å². The maximum Gasteiger partial charge on any atom is 0.330 e. The van der Waals surface area contributed by atoms with E-state index in [-0.39, 0.29) is 5.82 Å². The van der Waals surface area contributed by atoms with E-state index in [2.05, 4.69) is 10.0 Å². The number of aromatic nitrogens is 2.